The maximum Gasteiger partial charge on any atom is 0.333 e. The van der Waals surface area contributed by atoms with Crippen LogP contribution in [0.1, 0.15) is 40.5 Å². The van der Waals surface area contributed by atoms with Gasteiger partial charge in [0.1, 0.15) is 0 Å². The van der Waals surface area contributed by atoms with Crippen LogP contribution in [0.3, 0.4) is 0 Å². The van der Waals surface area contributed by atoms with Crippen molar-refractivity contribution in [2.45, 2.75) is 53.1 Å². The normalized spacial score (nSPS) is 14.0. The highest BCUT2D eigenvalue weighted by Crippen LogP contribution is 1.99. The molecule has 0 spiro atoms. The highest BCUT2D eigenvalue weighted by Gasteiger charge is 2.09. The molecule has 0 fully saturated rings. The summed E-state index contributed by atoms with van der Waals surface area (Å²) in [7, 11) is 0. The van der Waals surface area contributed by atoms with Gasteiger partial charge >= 0.3 is 11.9 Å². The van der Waals surface area contributed by atoms with Crippen molar-refractivity contribution in [3.8, 4) is 0 Å². The molecule has 0 radical (unpaired) electrons. The number of ether oxygens (including phenoxy) is 4. The molecule has 0 aromatic rings. The number of hydrogen-bond acceptors (Lipinski definition) is 6. The van der Waals surface area contributed by atoms with Crippen LogP contribution < -0.4 is 0 Å². The third-order valence-electron chi connectivity index (χ3n) is 2.03. The summed E-state index contributed by atoms with van der Waals surface area (Å²) < 4.78 is 20.1. The second kappa shape index (κ2) is 11.4. The number of carbonyl (C=O) groups is 2. The van der Waals surface area contributed by atoms with E-state index in [1.807, 2.05) is 13.8 Å². The molecule has 0 saturated carbocycles. The molecule has 0 aromatic heterocycles. The fourth-order valence-electron chi connectivity index (χ4n) is 1.18. The number of esters is 2. The first-order valence-corrected chi connectivity index (χ1v) is 6.82. The van der Waals surface area contributed by atoms with Crippen LogP contribution >= 0.6 is 0 Å². The third kappa shape index (κ3) is 10.5. The van der Waals surface area contributed by atoms with Crippen molar-refractivity contribution in [1.29, 1.82) is 0 Å². The Balaban J connectivity index is 3.96. The Morgan fingerprint density at radius 3 is 1.50 bits per heavy atom. The maximum absolute atomic E-state index is 11.4. The number of carbonyl (C=O) groups excluding carboxylic acids is 2. The predicted octanol–water partition coefficient (Wildman–Crippen LogP) is 2.17. The lowest BCUT2D eigenvalue weighted by Gasteiger charge is -2.12. The molecule has 0 bridgehead atoms. The van der Waals surface area contributed by atoms with Crippen LogP contribution in [0.5, 0.6) is 0 Å². The van der Waals surface area contributed by atoms with Gasteiger partial charge in [-0.25, -0.2) is 9.59 Å². The molecule has 0 aliphatic carbocycles. The first kappa shape index (κ1) is 18.6. The quantitative estimate of drug-likeness (QED) is 0.348. The van der Waals surface area contributed by atoms with Crippen molar-refractivity contribution in [2.75, 3.05) is 13.2 Å². The van der Waals surface area contributed by atoms with E-state index < -0.39 is 24.5 Å². The van der Waals surface area contributed by atoms with Crippen LogP contribution in [-0.2, 0) is 28.5 Å². The van der Waals surface area contributed by atoms with Gasteiger partial charge in [0.15, 0.2) is 12.6 Å². The second-order valence-corrected chi connectivity index (χ2v) is 4.08. The Morgan fingerprint density at radius 1 is 0.850 bits per heavy atom. The first-order valence-electron chi connectivity index (χ1n) is 6.82. The average Bonchev–Trinajstić information content (AvgIpc) is 2.40. The van der Waals surface area contributed by atoms with Gasteiger partial charge in [-0.05, 0) is 26.7 Å². The van der Waals surface area contributed by atoms with Gasteiger partial charge in [-0.2, -0.15) is 0 Å². The molecule has 0 N–H and O–H groups in total. The highest BCUT2D eigenvalue weighted by molar-refractivity contribution is 5.91. The van der Waals surface area contributed by atoms with Gasteiger partial charge in [-0.3, -0.25) is 0 Å². The van der Waals surface area contributed by atoms with E-state index in [4.69, 9.17) is 18.9 Å². The molecular weight excluding hydrogens is 264 g/mol. The smallest absolute Gasteiger partial charge is 0.333 e. The monoisotopic (exact) mass is 288 g/mol. The number of hydrogen-bond donors (Lipinski definition) is 0. The summed E-state index contributed by atoms with van der Waals surface area (Å²) in [5, 5.41) is 0. The van der Waals surface area contributed by atoms with Crippen LogP contribution in [0, 0.1) is 0 Å². The SMILES string of the molecule is CCCOC(C)OC(=O)/C=C\C(=O)OC(C)OCCC. The lowest BCUT2D eigenvalue weighted by Crippen LogP contribution is -2.19. The van der Waals surface area contributed by atoms with E-state index in [9.17, 15) is 9.59 Å². The van der Waals surface area contributed by atoms with Gasteiger partial charge in [0.25, 0.3) is 0 Å². The topological polar surface area (TPSA) is 71.1 Å². The van der Waals surface area contributed by atoms with Gasteiger partial charge in [0.05, 0.1) is 13.2 Å². The van der Waals surface area contributed by atoms with E-state index in [1.165, 1.54) is 0 Å². The lowest BCUT2D eigenvalue weighted by atomic mass is 10.5. The molecule has 6 heteroatoms. The zero-order valence-corrected chi connectivity index (χ0v) is 12.6. The summed E-state index contributed by atoms with van der Waals surface area (Å²) in [6, 6.07) is 0. The van der Waals surface area contributed by atoms with Crippen LogP contribution in [-0.4, -0.2) is 37.7 Å². The molecule has 0 aliphatic rings. The molecule has 0 saturated heterocycles. The van der Waals surface area contributed by atoms with E-state index in [0.717, 1.165) is 25.0 Å². The van der Waals surface area contributed by atoms with E-state index in [-0.39, 0.29) is 0 Å². The standard InChI is InChI=1S/C14H24O6/c1-5-9-17-11(3)19-13(15)7-8-14(16)20-12(4)18-10-6-2/h7-8,11-12H,5-6,9-10H2,1-4H3/b8-7-. The van der Waals surface area contributed by atoms with E-state index in [1.54, 1.807) is 13.8 Å². The van der Waals surface area contributed by atoms with Crippen molar-refractivity contribution >= 4 is 11.9 Å². The Kier molecular flexibility index (Phi) is 10.6. The first-order chi connectivity index (χ1) is 9.49. The van der Waals surface area contributed by atoms with Crippen LogP contribution in [0.25, 0.3) is 0 Å². The van der Waals surface area contributed by atoms with Crippen molar-refractivity contribution in [3.63, 3.8) is 0 Å². The van der Waals surface area contributed by atoms with Crippen molar-refractivity contribution in [2.24, 2.45) is 0 Å². The van der Waals surface area contributed by atoms with Gasteiger partial charge in [-0.15, -0.1) is 0 Å². The van der Waals surface area contributed by atoms with E-state index in [0.29, 0.717) is 13.2 Å². The van der Waals surface area contributed by atoms with E-state index in [2.05, 4.69) is 0 Å². The summed E-state index contributed by atoms with van der Waals surface area (Å²) in [6.07, 6.45) is 2.38. The fraction of sp³-hybridized carbons (Fsp3) is 0.714. The lowest BCUT2D eigenvalue weighted by molar-refractivity contribution is -0.171. The summed E-state index contributed by atoms with van der Waals surface area (Å²) in [6.45, 7) is 8.14. The summed E-state index contributed by atoms with van der Waals surface area (Å²) >= 11 is 0. The van der Waals surface area contributed by atoms with Gasteiger partial charge in [0, 0.05) is 12.2 Å². The zero-order valence-electron chi connectivity index (χ0n) is 12.6. The molecule has 0 aliphatic heterocycles. The van der Waals surface area contributed by atoms with Crippen molar-refractivity contribution in [3.05, 3.63) is 12.2 Å². The van der Waals surface area contributed by atoms with Crippen molar-refractivity contribution in [1.82, 2.24) is 0 Å². The van der Waals surface area contributed by atoms with Gasteiger partial charge in [0.2, 0.25) is 0 Å². The predicted molar refractivity (Wildman–Crippen MR) is 72.7 cm³/mol. The molecule has 0 heterocycles. The second-order valence-electron chi connectivity index (χ2n) is 4.08. The highest BCUT2D eigenvalue weighted by atomic mass is 16.7. The summed E-state index contributed by atoms with van der Waals surface area (Å²) in [5.41, 5.74) is 0. The summed E-state index contributed by atoms with van der Waals surface area (Å²) in [4.78, 5) is 22.7. The summed E-state index contributed by atoms with van der Waals surface area (Å²) in [5.74, 6) is -1.32. The molecule has 6 nitrogen and oxygen atoms in total. The Hall–Kier alpha value is -1.40. The molecule has 0 aromatic carbocycles. The average molecular weight is 288 g/mol. The Morgan fingerprint density at radius 2 is 1.20 bits per heavy atom. The minimum absolute atomic E-state index is 0.506. The van der Waals surface area contributed by atoms with Gasteiger partial charge in [-0.1, -0.05) is 13.8 Å². The molecule has 2 unspecified atom stereocenters. The maximum atomic E-state index is 11.4. The molecule has 116 valence electrons. The number of rotatable bonds is 10. The molecule has 0 rings (SSSR count). The van der Waals surface area contributed by atoms with Crippen LogP contribution in [0.15, 0.2) is 12.2 Å². The molecular formula is C14H24O6. The molecule has 20 heavy (non-hydrogen) atoms. The van der Waals surface area contributed by atoms with E-state index >= 15 is 0 Å². The van der Waals surface area contributed by atoms with Crippen molar-refractivity contribution < 1.29 is 28.5 Å². The Labute approximate surface area is 120 Å². The largest absolute Gasteiger partial charge is 0.433 e. The van der Waals surface area contributed by atoms with Crippen LogP contribution in [0.4, 0.5) is 0 Å². The Bertz CT molecular complexity index is 283. The minimum atomic E-state index is -0.660. The fourth-order valence-corrected chi connectivity index (χ4v) is 1.18. The molecule has 2 atom stereocenters. The van der Waals surface area contributed by atoms with Crippen LogP contribution in [0.2, 0.25) is 0 Å². The third-order valence-corrected chi connectivity index (χ3v) is 2.03. The van der Waals surface area contributed by atoms with Gasteiger partial charge < -0.3 is 18.9 Å². The minimum Gasteiger partial charge on any atom is -0.433 e. The zero-order chi connectivity index (χ0) is 15.4. The molecule has 0 amide bonds.